The predicted octanol–water partition coefficient (Wildman–Crippen LogP) is 19.3. The zero-order valence-electron chi connectivity index (χ0n) is 82.1. The molecule has 702 valence electrons. The molecule has 0 radical (unpaired) electrons. The van der Waals surface area contributed by atoms with Crippen LogP contribution < -0.4 is 105 Å². The van der Waals surface area contributed by atoms with Crippen molar-refractivity contribution in [3.05, 3.63) is 309 Å². The quantitative estimate of drug-likeness (QED) is 0.0228. The summed E-state index contributed by atoms with van der Waals surface area (Å²) in [6.45, 7) is 54.0. The van der Waals surface area contributed by atoms with Crippen molar-refractivity contribution in [1.82, 2.24) is 31.9 Å². The zero-order chi connectivity index (χ0) is 96.8. The summed E-state index contributed by atoms with van der Waals surface area (Å²) in [6.07, 6.45) is 0. The fraction of sp³-hybridized carbons (Fsp3) is 0.345. The van der Waals surface area contributed by atoms with Crippen LogP contribution in [0.25, 0.3) is 0 Å². The van der Waals surface area contributed by atoms with Gasteiger partial charge in [0.15, 0.2) is 11.5 Å². The number of hydrogen-bond acceptors (Lipinski definition) is 14. The fourth-order valence-electron chi connectivity index (χ4n) is 13.2. The summed E-state index contributed by atoms with van der Waals surface area (Å²) in [5.41, 5.74) is 14.3. The van der Waals surface area contributed by atoms with E-state index in [1.807, 2.05) is 69.4 Å². The number of hydrogen-bond donors (Lipinski definition) is 12. The van der Waals surface area contributed by atoms with Crippen LogP contribution in [-0.2, 0) is 44.7 Å². The number of para-hydroxylation sites is 2. The van der Waals surface area contributed by atoms with Gasteiger partial charge >= 0.3 is 0 Å². The van der Waals surface area contributed by atoms with Crippen molar-refractivity contribution in [2.45, 2.75) is 232 Å². The summed E-state index contributed by atoms with van der Waals surface area (Å²) in [4.78, 5) is 0. The van der Waals surface area contributed by atoms with Gasteiger partial charge in [0, 0.05) is 110 Å². The van der Waals surface area contributed by atoms with E-state index in [1.165, 1.54) is 90.3 Å². The van der Waals surface area contributed by atoms with Crippen LogP contribution in [-0.4, -0.2) is 79.6 Å². The molecule has 6 unspecified atom stereocenters. The van der Waals surface area contributed by atoms with Crippen molar-refractivity contribution in [2.75, 3.05) is 21.3 Å². The monoisotopic (exact) mass is 1880 g/mol. The lowest BCUT2D eigenvalue weighted by Crippen LogP contribution is -2.36. The Hall–Kier alpha value is -8.69. The summed E-state index contributed by atoms with van der Waals surface area (Å²) in [5, 5.41) is 95.5. The van der Waals surface area contributed by atoms with Crippen molar-refractivity contribution < 1.29 is 44.5 Å². The Morgan fingerprint density at radius 2 is 0.611 bits per heavy atom. The molecule has 12 aromatic rings. The number of methoxy groups -OCH3 is 2. The topological polar surface area (TPSA) is 212 Å². The van der Waals surface area contributed by atoms with Crippen molar-refractivity contribution in [1.29, 1.82) is 0 Å². The predicted molar refractivity (Wildman–Crippen MR) is 574 cm³/mol. The fourth-order valence-corrected chi connectivity index (χ4v) is 21.0. The third-order valence-corrected chi connectivity index (χ3v) is 29.0. The van der Waals surface area contributed by atoms with E-state index >= 15 is 0 Å². The number of nitrogens with one attached hydrogen (secondary N) is 6. The van der Waals surface area contributed by atoms with Crippen LogP contribution in [0.1, 0.15) is 191 Å². The van der Waals surface area contributed by atoms with E-state index in [1.54, 1.807) is 37.4 Å². The van der Waals surface area contributed by atoms with Crippen LogP contribution in [0.4, 0.5) is 4.39 Å². The van der Waals surface area contributed by atoms with Crippen molar-refractivity contribution in [3.63, 3.8) is 0 Å². The van der Waals surface area contributed by atoms with Gasteiger partial charge in [-0.1, -0.05) is 260 Å². The lowest BCUT2D eigenvalue weighted by atomic mass is 9.85. The maximum Gasteiger partial charge on any atom is 0.165 e. The smallest absolute Gasteiger partial charge is 0.165 e. The number of ether oxygens (including phenoxy) is 2. The number of rotatable bonds is 26. The number of phenols is 6. The largest absolute Gasteiger partial charge is 0.507 e. The highest BCUT2D eigenvalue weighted by Crippen LogP contribution is 2.36. The molecule has 0 saturated heterocycles. The summed E-state index contributed by atoms with van der Waals surface area (Å²) in [5.74, 6) is 2.86. The molecule has 0 aliphatic heterocycles. The van der Waals surface area contributed by atoms with E-state index in [-0.39, 0.29) is 53.3 Å². The summed E-state index contributed by atoms with van der Waals surface area (Å²) < 4.78 is 23.8. The van der Waals surface area contributed by atoms with Crippen molar-refractivity contribution >= 4 is 115 Å². The Morgan fingerprint density at radius 3 is 1.01 bits per heavy atom. The minimum Gasteiger partial charge on any atom is -0.507 e. The lowest BCUT2D eigenvalue weighted by Gasteiger charge is -2.24. The second kappa shape index (κ2) is 51.1. The summed E-state index contributed by atoms with van der Waals surface area (Å²) in [6, 6.07) is 78.1. The molecule has 12 N–H and O–H groups in total. The van der Waals surface area contributed by atoms with E-state index in [2.05, 4.69) is 323 Å². The second-order valence-corrected chi connectivity index (χ2v) is 47.0. The van der Waals surface area contributed by atoms with E-state index in [9.17, 15) is 35.0 Å². The molecule has 0 heterocycles. The number of benzene rings is 12. The maximum absolute atomic E-state index is 13.4. The van der Waals surface area contributed by atoms with Gasteiger partial charge in [0.05, 0.1) is 14.2 Å². The van der Waals surface area contributed by atoms with E-state index in [0.717, 1.165) is 86.8 Å². The minimum absolute atomic E-state index is 0.0668. The van der Waals surface area contributed by atoms with Gasteiger partial charge in [0.2, 0.25) is 0 Å². The van der Waals surface area contributed by atoms with E-state index in [4.69, 9.17) is 9.47 Å². The highest BCUT2D eigenvalue weighted by molar-refractivity contribution is 7.57. The first-order valence-corrected chi connectivity index (χ1v) is 50.6. The third-order valence-electron chi connectivity index (χ3n) is 20.5. The number of halogens is 1. The average molecular weight is 1890 g/mol. The van der Waals surface area contributed by atoms with Crippen molar-refractivity contribution in [2.24, 2.45) is 0 Å². The third kappa shape index (κ3) is 38.3. The minimum atomic E-state index is -0.272. The molecule has 0 aliphatic carbocycles. The molecule has 12 aromatic carbocycles. The van der Waals surface area contributed by atoms with E-state index in [0.29, 0.717) is 95.0 Å². The molecule has 0 aromatic heterocycles. The molecule has 0 saturated carbocycles. The molecule has 0 aliphatic rings. The Labute approximate surface area is 794 Å². The Kier molecular flexibility index (Phi) is 42.7. The molecule has 14 nitrogen and oxygen atoms in total. The first-order chi connectivity index (χ1) is 61.5. The number of aryl methyl sites for hydroxylation is 5. The average Bonchev–Trinajstić information content (AvgIpc) is 0.790. The maximum atomic E-state index is 13.4. The Balaban J connectivity index is 0.000000215. The van der Waals surface area contributed by atoms with Crippen LogP contribution in [0.2, 0.25) is 0 Å². The Bertz CT molecular complexity index is 5590. The lowest BCUT2D eigenvalue weighted by molar-refractivity contribution is 0.366. The van der Waals surface area contributed by atoms with Crippen LogP contribution in [0, 0.1) is 40.4 Å². The number of phenolic OH excluding ortho intramolecular Hbond substituents is 6. The van der Waals surface area contributed by atoms with Crippen LogP contribution in [0.5, 0.6) is 46.0 Å². The summed E-state index contributed by atoms with van der Waals surface area (Å²) in [7, 11) is 7.37. The summed E-state index contributed by atoms with van der Waals surface area (Å²) >= 11 is 0. The molecule has 131 heavy (non-hydrogen) atoms. The first kappa shape index (κ1) is 109. The zero-order valence-corrected chi connectivity index (χ0v) is 88.1. The van der Waals surface area contributed by atoms with Gasteiger partial charge < -0.3 is 72.0 Å². The highest BCUT2D eigenvalue weighted by Gasteiger charge is 2.24. The molecule has 0 spiro atoms. The van der Waals surface area contributed by atoms with E-state index < -0.39 is 0 Å². The van der Waals surface area contributed by atoms with Gasteiger partial charge in [-0.25, -0.2) is 4.39 Å². The van der Waals surface area contributed by atoms with Gasteiger partial charge in [-0.15, -0.1) is 0 Å². The van der Waals surface area contributed by atoms with Gasteiger partial charge in [0.25, 0.3) is 0 Å². The van der Waals surface area contributed by atoms with Gasteiger partial charge in [-0.3, -0.25) is 0 Å². The first-order valence-electron chi connectivity index (χ1n) is 44.6. The standard InChI is InChI=1S/C22H32NOP.C19H26NOP.2C18H24NOP.C17H22NOP.C16H19FNO3P/c1-15-12-17(21(2,3)4)20(24)19(13-15)25-18-11-9-8-10-16(18)14-23-22(5,6)7;1-13-10-14(2)18(21)17(11-13)22-16-9-7-6-8-15(16)12-20-19(3,4)5;1-13-8-7-11-16(17(13)20)21-15-10-6-5-9-14(15)12-19-18(2,3)4;1-13-9-10-15(20)17(11-13)21-16-8-6-5-7-14(16)12-19-18(2,3)4;1-17(2,3)18-12-13-8-4-6-10-15(13)20-16-11-7-5-9-14(16)19;1-18-9-10-6-11(17)4-5-14(10)22-15-8-12(20-2)7-13(21-3)16(15)19/h8-13,23-25H,14H2,1-7H3;6-11,20-22H,12H2,1-5H3;2*5-11,19-21H,12H2,1-4H3;4-11,18-20H,12H2,1-3H3;4-8,18-19,22H,9H2,1-3H3. The molecular formula is C110H147FN6O8P6. The van der Waals surface area contributed by atoms with Gasteiger partial charge in [0.1, 0.15) is 40.3 Å². The molecular weight excluding hydrogens is 1740 g/mol. The van der Waals surface area contributed by atoms with Gasteiger partial charge in [-0.05, 0) is 287 Å². The molecule has 21 heteroatoms. The Morgan fingerprint density at radius 1 is 0.275 bits per heavy atom. The van der Waals surface area contributed by atoms with Crippen molar-refractivity contribution in [3.8, 4) is 46.0 Å². The molecule has 0 bridgehead atoms. The molecule has 0 amide bonds. The normalized spacial score (nSPS) is 12.1. The van der Waals surface area contributed by atoms with Crippen LogP contribution in [0.15, 0.2) is 237 Å². The molecule has 0 fully saturated rings. The number of aromatic hydroxyl groups is 6. The van der Waals surface area contributed by atoms with Crippen LogP contribution >= 0.6 is 51.5 Å². The molecule has 6 atom stereocenters. The van der Waals surface area contributed by atoms with Gasteiger partial charge in [-0.2, -0.15) is 0 Å². The van der Waals surface area contributed by atoms with Crippen LogP contribution in [0.3, 0.4) is 0 Å². The SMILES string of the molecule is CC(C)(C)NCc1ccccc1Pc1ccccc1O.CNCc1cc(F)ccc1Pc1cc(OC)cc(OC)c1O.Cc1cc(C)c(O)c(Pc2ccccc2CNC(C)(C)C)c1.Cc1cc(Pc2ccccc2CNC(C)(C)C)c(O)c(C(C)(C)C)c1.Cc1ccc(O)c(Pc2ccccc2CNC(C)(C)C)c1.Cc1cccc(Pc2ccccc2CNC(C)(C)C)c1O. The molecule has 12 rings (SSSR count). The second-order valence-electron chi connectivity index (χ2n) is 39.1. The highest BCUT2D eigenvalue weighted by atomic mass is 31.1.